The lowest BCUT2D eigenvalue weighted by atomic mass is 10.0. The zero-order valence-corrected chi connectivity index (χ0v) is 35.6. The highest BCUT2D eigenvalue weighted by atomic mass is 32.2. The van der Waals surface area contributed by atoms with Gasteiger partial charge in [0.05, 0.1) is 43.2 Å². The third-order valence-electron chi connectivity index (χ3n) is 11.8. The number of amides is 4. The molecule has 2 aliphatic heterocycles. The van der Waals surface area contributed by atoms with Crippen LogP contribution in [0.3, 0.4) is 0 Å². The van der Waals surface area contributed by atoms with E-state index in [0.29, 0.717) is 39.5 Å². The van der Waals surface area contributed by atoms with Crippen molar-refractivity contribution in [1.29, 1.82) is 0 Å². The van der Waals surface area contributed by atoms with Gasteiger partial charge < -0.3 is 39.2 Å². The maximum atomic E-state index is 15.0. The number of aromatic nitrogens is 1. The summed E-state index contributed by atoms with van der Waals surface area (Å²) in [7, 11) is -1.52. The molecule has 16 nitrogen and oxygen atoms in total. The lowest BCUT2D eigenvalue weighted by Gasteiger charge is -2.35. The summed E-state index contributed by atoms with van der Waals surface area (Å²) in [5, 5.41) is 5.19. The zero-order chi connectivity index (χ0) is 44.9. The van der Waals surface area contributed by atoms with Crippen molar-refractivity contribution in [2.24, 2.45) is 5.92 Å². The van der Waals surface area contributed by atoms with Gasteiger partial charge in [-0.1, -0.05) is 19.1 Å². The number of alkyl halides is 3. The molecule has 1 aromatic carbocycles. The Morgan fingerprint density at radius 3 is 2.43 bits per heavy atom. The van der Waals surface area contributed by atoms with Crippen molar-refractivity contribution in [2.75, 3.05) is 20.8 Å². The number of sulfonamides is 1. The second kappa shape index (κ2) is 16.7. The number of fused-ring (bicyclic) bond motifs is 3. The number of hydrogen-bond acceptors (Lipinski definition) is 12. The first-order valence-electron chi connectivity index (χ1n) is 19.9. The number of carbonyl (C=O) groups excluding carboxylic acids is 4. The van der Waals surface area contributed by atoms with Crippen molar-refractivity contribution in [2.45, 2.75) is 132 Å². The number of benzene rings is 1. The summed E-state index contributed by atoms with van der Waals surface area (Å²) in [6, 6.07) is 0.644. The van der Waals surface area contributed by atoms with Crippen LogP contribution in [0.2, 0.25) is 0 Å². The minimum Gasteiger partial charge on any atom is -0.494 e. The van der Waals surface area contributed by atoms with Gasteiger partial charge in [0, 0.05) is 29.9 Å². The Morgan fingerprint density at radius 2 is 1.80 bits per heavy atom. The fourth-order valence-corrected chi connectivity index (χ4v) is 8.77. The number of rotatable bonds is 10. The minimum atomic E-state index is -4.98. The third kappa shape index (κ3) is 9.31. The number of nitrogens with one attached hydrogen (secondary N) is 3. The van der Waals surface area contributed by atoms with Crippen molar-refractivity contribution >= 4 is 44.7 Å². The minimum absolute atomic E-state index is 0.0285. The van der Waals surface area contributed by atoms with E-state index in [1.807, 2.05) is 0 Å². The second-order valence-corrected chi connectivity index (χ2v) is 18.9. The molecule has 3 N–H and O–H groups in total. The van der Waals surface area contributed by atoms with Crippen LogP contribution in [0.25, 0.3) is 10.9 Å². The molecule has 2 aromatic rings. The predicted molar refractivity (Wildman–Crippen MR) is 210 cm³/mol. The summed E-state index contributed by atoms with van der Waals surface area (Å²) < 4.78 is 112. The Hall–Kier alpha value is -4.92. The molecule has 7 atom stereocenters. The fraction of sp³-hybridized carbons (Fsp3) is 0.625. The molecule has 1 aromatic heterocycles. The van der Waals surface area contributed by atoms with E-state index in [0.717, 1.165) is 11.0 Å². The monoisotopic (exact) mass is 885 g/mol. The van der Waals surface area contributed by atoms with E-state index < -0.39 is 98.0 Å². The summed E-state index contributed by atoms with van der Waals surface area (Å²) in [6.45, 7) is 5.77. The lowest BCUT2D eigenvalue weighted by molar-refractivity contribution is -0.244. The largest absolute Gasteiger partial charge is 0.494 e. The normalized spacial score (nSPS) is 28.0. The van der Waals surface area contributed by atoms with E-state index in [1.54, 1.807) is 26.0 Å². The molecular formula is C40H51F4N5O11S. The Bertz CT molecular complexity index is 2200. The topological polar surface area (TPSA) is 201 Å². The molecular weight excluding hydrogens is 835 g/mol. The van der Waals surface area contributed by atoms with Gasteiger partial charge in [-0.15, -0.1) is 0 Å². The van der Waals surface area contributed by atoms with E-state index in [1.165, 1.54) is 33.3 Å². The second-order valence-electron chi connectivity index (χ2n) is 16.7. The number of alkyl carbamates (subject to hydrolysis) is 1. The van der Waals surface area contributed by atoms with Gasteiger partial charge in [-0.2, -0.15) is 13.2 Å². The number of methoxy groups -OCH3 is 2. The molecule has 2 saturated carbocycles. The number of pyridine rings is 1. The summed E-state index contributed by atoms with van der Waals surface area (Å²) >= 11 is 0. The molecule has 0 spiro atoms. The summed E-state index contributed by atoms with van der Waals surface area (Å²) in [5.41, 5.74) is -4.48. The van der Waals surface area contributed by atoms with Crippen LogP contribution in [0.4, 0.5) is 22.4 Å². The van der Waals surface area contributed by atoms with Gasteiger partial charge in [0.25, 0.3) is 5.91 Å². The van der Waals surface area contributed by atoms with Crippen LogP contribution in [0.1, 0.15) is 79.6 Å². The molecule has 21 heteroatoms. The summed E-state index contributed by atoms with van der Waals surface area (Å²) in [6.07, 6.45) is -4.59. The van der Waals surface area contributed by atoms with Gasteiger partial charge in [-0.25, -0.2) is 22.6 Å². The van der Waals surface area contributed by atoms with Crippen LogP contribution >= 0.6 is 0 Å². The molecule has 7 unspecified atom stereocenters. The highest BCUT2D eigenvalue weighted by Gasteiger charge is 2.63. The van der Waals surface area contributed by atoms with E-state index in [2.05, 4.69) is 20.3 Å². The molecule has 0 radical (unpaired) electrons. The van der Waals surface area contributed by atoms with Gasteiger partial charge in [-0.05, 0) is 72.3 Å². The lowest BCUT2D eigenvalue weighted by Crippen LogP contribution is -2.61. The maximum Gasteiger partial charge on any atom is 0.427 e. The van der Waals surface area contributed by atoms with E-state index in [9.17, 15) is 40.8 Å². The molecule has 61 heavy (non-hydrogen) atoms. The molecule has 336 valence electrons. The van der Waals surface area contributed by atoms with Crippen molar-refractivity contribution < 1.29 is 68.8 Å². The van der Waals surface area contributed by atoms with Gasteiger partial charge in [0.2, 0.25) is 33.3 Å². The van der Waals surface area contributed by atoms with Crippen molar-refractivity contribution in [3.8, 4) is 17.4 Å². The molecule has 0 bridgehead atoms. The Balaban J connectivity index is 1.40. The Labute approximate surface area is 350 Å². The SMILES string of the molecule is CCC1OC(C)CCC=CC2CC2(C(=O)NS(=O)(=O)C2(C)CC2)NC(=O)C2CC(Oc3cc(OC)nc4cc(OC)c(F)cc34)CN2C(=O)C1NC(=O)OC(C)(C)C(F)(F)F. The third-order valence-corrected chi connectivity index (χ3v) is 14.0. The van der Waals surface area contributed by atoms with Gasteiger partial charge in [-0.3, -0.25) is 19.1 Å². The van der Waals surface area contributed by atoms with Crippen LogP contribution in [-0.4, -0.2) is 115 Å². The van der Waals surface area contributed by atoms with Gasteiger partial charge >= 0.3 is 12.3 Å². The number of carbonyl (C=O) groups is 4. The Kier molecular flexibility index (Phi) is 12.5. The number of allylic oxidation sites excluding steroid dienone is 1. The highest BCUT2D eigenvalue weighted by Crippen LogP contribution is 2.48. The smallest absolute Gasteiger partial charge is 0.427 e. The van der Waals surface area contributed by atoms with E-state index in [4.69, 9.17) is 23.7 Å². The first kappa shape index (κ1) is 45.6. The molecule has 6 rings (SSSR count). The molecule has 3 heterocycles. The van der Waals surface area contributed by atoms with Crippen LogP contribution in [0.5, 0.6) is 17.4 Å². The average Bonchev–Trinajstić information content (AvgIpc) is 4.06. The predicted octanol–water partition coefficient (Wildman–Crippen LogP) is 4.58. The van der Waals surface area contributed by atoms with Gasteiger partial charge in [0.1, 0.15) is 29.5 Å². The van der Waals surface area contributed by atoms with Crippen LogP contribution in [-0.2, 0) is 33.9 Å². The highest BCUT2D eigenvalue weighted by molar-refractivity contribution is 7.91. The summed E-state index contributed by atoms with van der Waals surface area (Å²) in [4.78, 5) is 62.0. The fourth-order valence-electron chi connectivity index (χ4n) is 7.46. The van der Waals surface area contributed by atoms with Gasteiger partial charge in [0.15, 0.2) is 11.6 Å². The molecule has 4 amide bonds. The van der Waals surface area contributed by atoms with E-state index in [-0.39, 0.29) is 54.1 Å². The summed E-state index contributed by atoms with van der Waals surface area (Å²) in [5.74, 6) is -4.18. The molecule has 1 saturated heterocycles. The van der Waals surface area contributed by atoms with Crippen LogP contribution in [0.15, 0.2) is 30.4 Å². The maximum absolute atomic E-state index is 15.0. The standard InChI is InChI=1S/C40H51F4N5O11S/c1-8-28-32(46-36(53)60-37(3,4)40(42,43)44)34(51)49-20-23(59-29-18-31(57-7)45-26-17-30(56-6)25(41)16-24(26)29)15-27(49)33(50)47-39(19-22(39)12-10-9-11-21(2)58-28)35(52)48-61(54,55)38(5)13-14-38/h10,12,16-18,21-23,27-28,32H,8-9,11,13-15,19-20H2,1-7H3,(H,46,53)(H,47,50)(H,48,52). The van der Waals surface area contributed by atoms with Crippen molar-refractivity contribution in [1.82, 2.24) is 25.2 Å². The number of halogens is 4. The van der Waals surface area contributed by atoms with Crippen LogP contribution < -0.4 is 29.6 Å². The average molecular weight is 886 g/mol. The quantitative estimate of drug-likeness (QED) is 0.222. The van der Waals surface area contributed by atoms with E-state index >= 15 is 4.39 Å². The number of ether oxygens (including phenoxy) is 5. The zero-order valence-electron chi connectivity index (χ0n) is 34.8. The Morgan fingerprint density at radius 1 is 1.10 bits per heavy atom. The molecule has 2 aliphatic carbocycles. The van der Waals surface area contributed by atoms with Crippen molar-refractivity contribution in [3.05, 3.63) is 36.2 Å². The first-order chi connectivity index (χ1) is 28.5. The molecule has 4 aliphatic rings. The number of hydrogen-bond donors (Lipinski definition) is 3. The first-order valence-corrected chi connectivity index (χ1v) is 21.4. The van der Waals surface area contributed by atoms with Crippen molar-refractivity contribution in [3.63, 3.8) is 0 Å². The van der Waals surface area contributed by atoms with Crippen LogP contribution in [0, 0.1) is 11.7 Å². The number of nitrogens with zero attached hydrogens (tertiary/aromatic N) is 2. The molecule has 3 fully saturated rings.